The van der Waals surface area contributed by atoms with Crippen molar-refractivity contribution in [3.05, 3.63) is 27.9 Å². The van der Waals surface area contributed by atoms with E-state index in [0.717, 1.165) is 19.0 Å². The Morgan fingerprint density at radius 3 is 2.80 bits per heavy atom. The Balaban J connectivity index is 2.00. The fraction of sp³-hybridized carbons (Fsp3) is 0.538. The van der Waals surface area contributed by atoms with Crippen LogP contribution in [0.5, 0.6) is 0 Å². The summed E-state index contributed by atoms with van der Waals surface area (Å²) in [6, 6.07) is 1.17. The number of aromatic nitrogens is 1. The number of nitrogen functional groups attached to an aromatic ring is 1. The van der Waals surface area contributed by atoms with Gasteiger partial charge in [0.25, 0.3) is 11.6 Å². The number of nitrogens with one attached hydrogen (secondary N) is 1. The summed E-state index contributed by atoms with van der Waals surface area (Å²) in [6.07, 6.45) is 6.92. The summed E-state index contributed by atoms with van der Waals surface area (Å²) in [7, 11) is 0. The molecule has 1 amide bonds. The largest absolute Gasteiger partial charge is 0.383 e. The third kappa shape index (κ3) is 3.43. The minimum absolute atomic E-state index is 0.0109. The highest BCUT2D eigenvalue weighted by Gasteiger charge is 2.18. The maximum absolute atomic E-state index is 12.0. The number of nitro groups is 1. The van der Waals surface area contributed by atoms with Crippen LogP contribution in [0.2, 0.25) is 0 Å². The number of nitrogens with zero attached hydrogens (tertiary/aromatic N) is 2. The lowest BCUT2D eigenvalue weighted by atomic mass is 9.89. The van der Waals surface area contributed by atoms with Crippen LogP contribution in [0.15, 0.2) is 12.3 Å². The Morgan fingerprint density at radius 1 is 1.45 bits per heavy atom. The van der Waals surface area contributed by atoms with E-state index in [4.69, 9.17) is 5.73 Å². The van der Waals surface area contributed by atoms with Crippen molar-refractivity contribution in [3.8, 4) is 0 Å². The number of carbonyl (C=O) groups excluding carboxylic acids is 1. The Bertz CT molecular complexity index is 512. The number of hydrogen-bond donors (Lipinski definition) is 2. The fourth-order valence-electron chi connectivity index (χ4n) is 2.47. The molecule has 108 valence electrons. The quantitative estimate of drug-likeness (QED) is 0.645. The van der Waals surface area contributed by atoms with E-state index in [1.165, 1.54) is 25.3 Å². The molecule has 0 radical (unpaired) electrons. The van der Waals surface area contributed by atoms with Crippen LogP contribution < -0.4 is 11.1 Å². The van der Waals surface area contributed by atoms with Gasteiger partial charge < -0.3 is 11.1 Å². The van der Waals surface area contributed by atoms with Gasteiger partial charge in [0.15, 0.2) is 0 Å². The maximum Gasteiger partial charge on any atom is 0.288 e. The zero-order valence-corrected chi connectivity index (χ0v) is 11.2. The summed E-state index contributed by atoms with van der Waals surface area (Å²) in [4.78, 5) is 25.8. The second kappa shape index (κ2) is 6.31. The van der Waals surface area contributed by atoms with Crippen molar-refractivity contribution in [3.63, 3.8) is 0 Å². The molecule has 7 heteroatoms. The van der Waals surface area contributed by atoms with Crippen LogP contribution in [0.3, 0.4) is 0 Å². The highest BCUT2D eigenvalue weighted by molar-refractivity contribution is 5.98. The molecule has 1 aromatic rings. The zero-order chi connectivity index (χ0) is 14.5. The maximum atomic E-state index is 12.0. The van der Waals surface area contributed by atoms with Crippen LogP contribution in [0.1, 0.15) is 42.5 Å². The SMILES string of the molecule is Nc1ncc([N+](=O)[O-])cc1C(=O)NCC1CCCCC1. The van der Waals surface area contributed by atoms with Crippen LogP contribution in [-0.2, 0) is 0 Å². The lowest BCUT2D eigenvalue weighted by molar-refractivity contribution is -0.385. The van der Waals surface area contributed by atoms with Gasteiger partial charge in [-0.1, -0.05) is 19.3 Å². The number of anilines is 1. The number of pyridine rings is 1. The van der Waals surface area contributed by atoms with Gasteiger partial charge in [0, 0.05) is 12.6 Å². The van der Waals surface area contributed by atoms with E-state index in [-0.39, 0.29) is 17.1 Å². The van der Waals surface area contributed by atoms with Crippen molar-refractivity contribution < 1.29 is 9.72 Å². The third-order valence-corrected chi connectivity index (χ3v) is 3.64. The summed E-state index contributed by atoms with van der Waals surface area (Å²) in [6.45, 7) is 0.584. The number of rotatable bonds is 4. The average molecular weight is 278 g/mol. The molecule has 2 rings (SSSR count). The summed E-state index contributed by atoms with van der Waals surface area (Å²) >= 11 is 0. The molecule has 0 aromatic carbocycles. The Morgan fingerprint density at radius 2 is 2.15 bits per heavy atom. The first-order chi connectivity index (χ1) is 9.58. The second-order valence-electron chi connectivity index (χ2n) is 5.10. The predicted octanol–water partition coefficient (Wildman–Crippen LogP) is 1.88. The Kier molecular flexibility index (Phi) is 4.49. The standard InChI is InChI=1S/C13H18N4O3/c14-12-11(6-10(8-15-12)17(19)20)13(18)16-7-9-4-2-1-3-5-9/h6,8-9H,1-5,7H2,(H2,14,15)(H,16,18). The zero-order valence-electron chi connectivity index (χ0n) is 11.2. The lowest BCUT2D eigenvalue weighted by Gasteiger charge is -2.21. The van der Waals surface area contributed by atoms with Gasteiger partial charge in [0.05, 0.1) is 10.5 Å². The van der Waals surface area contributed by atoms with E-state index in [2.05, 4.69) is 10.3 Å². The minimum atomic E-state index is -0.593. The van der Waals surface area contributed by atoms with Crippen molar-refractivity contribution in [2.45, 2.75) is 32.1 Å². The van der Waals surface area contributed by atoms with Gasteiger partial charge >= 0.3 is 0 Å². The summed E-state index contributed by atoms with van der Waals surface area (Å²) in [5, 5.41) is 13.5. The molecule has 1 heterocycles. The number of hydrogen-bond acceptors (Lipinski definition) is 5. The highest BCUT2D eigenvalue weighted by Crippen LogP contribution is 2.23. The lowest BCUT2D eigenvalue weighted by Crippen LogP contribution is -2.31. The van der Waals surface area contributed by atoms with Crippen LogP contribution in [0.25, 0.3) is 0 Å². The van der Waals surface area contributed by atoms with Gasteiger partial charge in [-0.2, -0.15) is 0 Å². The number of nitrogens with two attached hydrogens (primary N) is 1. The molecule has 1 aliphatic rings. The Hall–Kier alpha value is -2.18. The van der Waals surface area contributed by atoms with Crippen molar-refractivity contribution >= 4 is 17.4 Å². The van der Waals surface area contributed by atoms with E-state index < -0.39 is 10.8 Å². The van der Waals surface area contributed by atoms with Crippen molar-refractivity contribution in [1.82, 2.24) is 10.3 Å². The molecule has 1 aliphatic carbocycles. The fourth-order valence-corrected chi connectivity index (χ4v) is 2.47. The second-order valence-corrected chi connectivity index (χ2v) is 5.10. The molecule has 0 atom stereocenters. The molecule has 20 heavy (non-hydrogen) atoms. The first-order valence-corrected chi connectivity index (χ1v) is 6.76. The summed E-state index contributed by atoms with van der Waals surface area (Å²) in [5.74, 6) is 0.0987. The topological polar surface area (TPSA) is 111 Å². The molecule has 0 aliphatic heterocycles. The van der Waals surface area contributed by atoms with E-state index in [0.29, 0.717) is 12.5 Å². The molecule has 0 bridgehead atoms. The molecular weight excluding hydrogens is 260 g/mol. The monoisotopic (exact) mass is 278 g/mol. The molecule has 0 saturated heterocycles. The summed E-state index contributed by atoms with van der Waals surface area (Å²) in [5.41, 5.74) is 5.44. The first kappa shape index (κ1) is 14.2. The Labute approximate surface area is 116 Å². The molecule has 0 spiro atoms. The minimum Gasteiger partial charge on any atom is -0.383 e. The van der Waals surface area contributed by atoms with Crippen molar-refractivity contribution in [2.75, 3.05) is 12.3 Å². The molecule has 0 unspecified atom stereocenters. The van der Waals surface area contributed by atoms with Gasteiger partial charge in [0.1, 0.15) is 12.0 Å². The molecule has 1 fully saturated rings. The van der Waals surface area contributed by atoms with E-state index >= 15 is 0 Å². The predicted molar refractivity (Wildman–Crippen MR) is 74.2 cm³/mol. The van der Waals surface area contributed by atoms with Gasteiger partial charge in [-0.25, -0.2) is 4.98 Å². The van der Waals surface area contributed by atoms with Crippen LogP contribution in [0, 0.1) is 16.0 Å². The van der Waals surface area contributed by atoms with E-state index in [1.807, 2.05) is 0 Å². The van der Waals surface area contributed by atoms with Gasteiger partial charge in [-0.15, -0.1) is 0 Å². The molecule has 1 aromatic heterocycles. The normalized spacial score (nSPS) is 15.8. The van der Waals surface area contributed by atoms with Crippen molar-refractivity contribution in [2.24, 2.45) is 5.92 Å². The third-order valence-electron chi connectivity index (χ3n) is 3.64. The summed E-state index contributed by atoms with van der Waals surface area (Å²) < 4.78 is 0. The molecule has 1 saturated carbocycles. The first-order valence-electron chi connectivity index (χ1n) is 6.76. The van der Waals surface area contributed by atoms with E-state index in [9.17, 15) is 14.9 Å². The van der Waals surface area contributed by atoms with Crippen LogP contribution in [0.4, 0.5) is 11.5 Å². The number of amides is 1. The van der Waals surface area contributed by atoms with Gasteiger partial charge in [0.2, 0.25) is 0 Å². The van der Waals surface area contributed by atoms with Crippen LogP contribution >= 0.6 is 0 Å². The smallest absolute Gasteiger partial charge is 0.288 e. The molecule has 7 nitrogen and oxygen atoms in total. The molecule has 3 N–H and O–H groups in total. The van der Waals surface area contributed by atoms with Gasteiger partial charge in [-0.05, 0) is 18.8 Å². The van der Waals surface area contributed by atoms with Crippen LogP contribution in [-0.4, -0.2) is 22.4 Å². The van der Waals surface area contributed by atoms with Crippen molar-refractivity contribution in [1.29, 1.82) is 0 Å². The van der Waals surface area contributed by atoms with Gasteiger partial charge in [-0.3, -0.25) is 14.9 Å². The molecular formula is C13H18N4O3. The van der Waals surface area contributed by atoms with E-state index in [1.54, 1.807) is 0 Å². The highest BCUT2D eigenvalue weighted by atomic mass is 16.6. The average Bonchev–Trinajstić information content (AvgIpc) is 2.46. The number of carbonyl (C=O) groups is 1.